The molecule has 11 nitrogen and oxygen atoms in total. The van der Waals surface area contributed by atoms with E-state index in [0.29, 0.717) is 22.6 Å². The van der Waals surface area contributed by atoms with E-state index in [2.05, 4.69) is 30.9 Å². The van der Waals surface area contributed by atoms with Gasteiger partial charge in [-0.2, -0.15) is 15.1 Å². The molecular formula is C30H33FN8O3. The highest BCUT2D eigenvalue weighted by atomic mass is 19.1. The van der Waals surface area contributed by atoms with E-state index in [0.717, 1.165) is 30.9 Å². The van der Waals surface area contributed by atoms with E-state index < -0.39 is 17.1 Å². The van der Waals surface area contributed by atoms with Crippen molar-refractivity contribution < 1.29 is 9.18 Å². The maximum atomic E-state index is 14.8. The van der Waals surface area contributed by atoms with Gasteiger partial charge in [-0.3, -0.25) is 19.2 Å². The van der Waals surface area contributed by atoms with E-state index in [1.165, 1.54) is 36.3 Å². The Morgan fingerprint density at radius 2 is 1.74 bits per heavy atom. The zero-order valence-corrected chi connectivity index (χ0v) is 24.0. The number of halogens is 1. The molecule has 0 unspecified atom stereocenters. The number of benzene rings is 2. The van der Waals surface area contributed by atoms with Gasteiger partial charge in [0, 0.05) is 43.2 Å². The zero-order chi connectivity index (χ0) is 30.0. The maximum Gasteiger partial charge on any atom is 0.290 e. The molecule has 4 aromatic rings. The number of likely N-dealkylation sites (tertiary alicyclic amines) is 1. The summed E-state index contributed by atoms with van der Waals surface area (Å²) in [6.45, 7) is 6.80. The second-order valence-electron chi connectivity index (χ2n) is 11.2. The molecule has 42 heavy (non-hydrogen) atoms. The van der Waals surface area contributed by atoms with Crippen LogP contribution in [0.5, 0.6) is 0 Å². The minimum absolute atomic E-state index is 0.0300. The Labute approximate surface area is 242 Å². The summed E-state index contributed by atoms with van der Waals surface area (Å²) in [4.78, 5) is 38.9. The van der Waals surface area contributed by atoms with E-state index in [1.54, 1.807) is 35.0 Å². The van der Waals surface area contributed by atoms with Crippen LogP contribution in [0, 0.1) is 10.7 Å². The Morgan fingerprint density at radius 1 is 1.00 bits per heavy atom. The lowest BCUT2D eigenvalue weighted by Gasteiger charge is -2.30. The smallest absolute Gasteiger partial charge is 0.290 e. The number of nitrogens with zero attached hydrogens (tertiary/aromatic N) is 6. The number of aryl methyl sites for hydroxylation is 2. The fourth-order valence-electron chi connectivity index (χ4n) is 4.76. The van der Waals surface area contributed by atoms with E-state index in [1.807, 2.05) is 27.0 Å². The van der Waals surface area contributed by atoms with Crippen molar-refractivity contribution in [2.75, 3.05) is 30.3 Å². The Bertz CT molecular complexity index is 1690. The predicted octanol–water partition coefficient (Wildman–Crippen LogP) is 4.57. The van der Waals surface area contributed by atoms with Crippen molar-refractivity contribution in [2.24, 2.45) is 19.3 Å². The number of aromatic nitrogens is 4. The van der Waals surface area contributed by atoms with Gasteiger partial charge in [0.2, 0.25) is 0 Å². The SMILES string of the molecule is Cn1nc(Nc2cc(-c3ccc(F)c(NC(=O)c4ccc(C(C)(C)CN=O)cc4)c3)nn(C)c2=O)cc1CN1CCC1. The molecule has 12 heteroatoms. The molecule has 0 aliphatic carbocycles. The first-order chi connectivity index (χ1) is 20.0. The molecule has 3 heterocycles. The molecule has 1 amide bonds. The summed E-state index contributed by atoms with van der Waals surface area (Å²) < 4.78 is 17.8. The van der Waals surface area contributed by atoms with E-state index >= 15 is 0 Å². The van der Waals surface area contributed by atoms with Crippen LogP contribution in [0.15, 0.2) is 64.6 Å². The van der Waals surface area contributed by atoms with Crippen molar-refractivity contribution in [1.29, 1.82) is 0 Å². The molecule has 5 rings (SSSR count). The van der Waals surface area contributed by atoms with Gasteiger partial charge in [-0.25, -0.2) is 9.07 Å². The Kier molecular flexibility index (Phi) is 7.99. The summed E-state index contributed by atoms with van der Waals surface area (Å²) >= 11 is 0. The fraction of sp³-hybridized carbons (Fsp3) is 0.333. The van der Waals surface area contributed by atoms with Crippen LogP contribution in [0.1, 0.15) is 41.9 Å². The molecule has 0 spiro atoms. The number of carbonyl (C=O) groups is 1. The molecule has 2 aromatic carbocycles. The third-order valence-electron chi connectivity index (χ3n) is 7.54. The quantitative estimate of drug-likeness (QED) is 0.267. The third-order valence-corrected chi connectivity index (χ3v) is 7.54. The van der Waals surface area contributed by atoms with E-state index in [9.17, 15) is 18.9 Å². The molecule has 1 aliphatic rings. The zero-order valence-electron chi connectivity index (χ0n) is 24.0. The molecule has 1 fully saturated rings. The summed E-state index contributed by atoms with van der Waals surface area (Å²) in [5.74, 6) is -0.580. The molecule has 2 aromatic heterocycles. The molecule has 2 N–H and O–H groups in total. The first kappa shape index (κ1) is 28.8. The minimum Gasteiger partial charge on any atom is -0.334 e. The van der Waals surface area contributed by atoms with Gasteiger partial charge in [-0.1, -0.05) is 31.2 Å². The molecule has 0 radical (unpaired) electrons. The molecule has 0 saturated carbocycles. The van der Waals surface area contributed by atoms with Crippen molar-refractivity contribution in [3.63, 3.8) is 0 Å². The average Bonchev–Trinajstić information content (AvgIpc) is 3.28. The molecule has 1 aliphatic heterocycles. The van der Waals surface area contributed by atoms with Crippen LogP contribution in [0.25, 0.3) is 11.3 Å². The number of rotatable bonds is 10. The lowest BCUT2D eigenvalue weighted by Crippen LogP contribution is -2.36. The number of hydrogen-bond acceptors (Lipinski definition) is 8. The van der Waals surface area contributed by atoms with Crippen molar-refractivity contribution in [3.05, 3.63) is 92.5 Å². The largest absolute Gasteiger partial charge is 0.334 e. The van der Waals surface area contributed by atoms with Gasteiger partial charge >= 0.3 is 0 Å². The molecule has 1 saturated heterocycles. The van der Waals surface area contributed by atoms with Crippen molar-refractivity contribution in [1.82, 2.24) is 24.5 Å². The van der Waals surface area contributed by atoms with Crippen LogP contribution in [0.4, 0.5) is 21.6 Å². The molecule has 0 bridgehead atoms. The summed E-state index contributed by atoms with van der Waals surface area (Å²) in [6, 6.07) is 14.5. The summed E-state index contributed by atoms with van der Waals surface area (Å²) in [5.41, 5.74) is 2.53. The lowest BCUT2D eigenvalue weighted by molar-refractivity contribution is 0.102. The van der Waals surface area contributed by atoms with Gasteiger partial charge in [0.1, 0.15) is 11.5 Å². The molecular weight excluding hydrogens is 539 g/mol. The number of hydrogen-bond donors (Lipinski definition) is 2. The molecule has 218 valence electrons. The van der Waals surface area contributed by atoms with Crippen LogP contribution in [-0.2, 0) is 26.1 Å². The first-order valence-electron chi connectivity index (χ1n) is 13.7. The number of nitroso groups, excluding NO2 is 1. The summed E-state index contributed by atoms with van der Waals surface area (Å²) in [7, 11) is 3.40. The Balaban J connectivity index is 1.36. The molecule has 0 atom stereocenters. The van der Waals surface area contributed by atoms with Crippen LogP contribution in [-0.4, -0.2) is 50.0 Å². The number of anilines is 3. The van der Waals surface area contributed by atoms with Crippen molar-refractivity contribution in [2.45, 2.75) is 32.2 Å². The van der Waals surface area contributed by atoms with Gasteiger partial charge in [0.25, 0.3) is 11.5 Å². The second-order valence-corrected chi connectivity index (χ2v) is 11.2. The number of amides is 1. The Hall–Kier alpha value is -4.71. The summed E-state index contributed by atoms with van der Waals surface area (Å²) in [6.07, 6.45) is 1.20. The minimum atomic E-state index is -0.617. The first-order valence-corrected chi connectivity index (χ1v) is 13.7. The highest BCUT2D eigenvalue weighted by Gasteiger charge is 2.22. The summed E-state index contributed by atoms with van der Waals surface area (Å²) in [5, 5.41) is 17.6. The number of carbonyl (C=O) groups excluding carboxylic acids is 1. The van der Waals surface area contributed by atoms with Crippen LogP contribution >= 0.6 is 0 Å². The van der Waals surface area contributed by atoms with Gasteiger partial charge in [-0.05, 0) is 61.5 Å². The maximum absolute atomic E-state index is 14.8. The third kappa shape index (κ3) is 6.13. The normalized spacial score (nSPS) is 13.5. The van der Waals surface area contributed by atoms with Crippen LogP contribution in [0.3, 0.4) is 0 Å². The fourth-order valence-corrected chi connectivity index (χ4v) is 4.76. The standard InChI is InChI=1S/C30H33FN8O3/c1-30(2,18-32-42)21-9-6-19(7-10-21)28(40)34-25-14-20(8-11-23(25)31)24-16-26(29(41)38(4)35-24)33-27-15-22(37(3)36-27)17-39-12-5-13-39/h6-11,14-16H,5,12-13,17-18H2,1-4H3,(H,33,36)(H,34,40). The van der Waals surface area contributed by atoms with E-state index in [4.69, 9.17) is 0 Å². The predicted molar refractivity (Wildman–Crippen MR) is 159 cm³/mol. The highest BCUT2D eigenvalue weighted by Crippen LogP contribution is 2.27. The van der Waals surface area contributed by atoms with Crippen LogP contribution < -0.4 is 16.2 Å². The highest BCUT2D eigenvalue weighted by molar-refractivity contribution is 6.04. The van der Waals surface area contributed by atoms with Gasteiger partial charge in [0.15, 0.2) is 5.82 Å². The Morgan fingerprint density at radius 3 is 2.40 bits per heavy atom. The second kappa shape index (κ2) is 11.6. The van der Waals surface area contributed by atoms with E-state index in [-0.39, 0.29) is 23.5 Å². The van der Waals surface area contributed by atoms with Crippen LogP contribution in [0.2, 0.25) is 0 Å². The van der Waals surface area contributed by atoms with Crippen molar-refractivity contribution in [3.8, 4) is 11.3 Å². The monoisotopic (exact) mass is 572 g/mol. The van der Waals surface area contributed by atoms with Gasteiger partial charge in [-0.15, -0.1) is 0 Å². The lowest BCUT2D eigenvalue weighted by atomic mass is 9.84. The average molecular weight is 573 g/mol. The van der Waals surface area contributed by atoms with Crippen molar-refractivity contribution >= 4 is 23.1 Å². The van der Waals surface area contributed by atoms with Gasteiger partial charge < -0.3 is 10.6 Å². The number of nitrogens with one attached hydrogen (secondary N) is 2. The van der Waals surface area contributed by atoms with Gasteiger partial charge in [0.05, 0.1) is 23.6 Å². The topological polar surface area (TPSA) is 127 Å².